The van der Waals surface area contributed by atoms with E-state index in [-0.39, 0.29) is 0 Å². The first-order chi connectivity index (χ1) is 6.74. The Balaban J connectivity index is 2.39. The van der Waals surface area contributed by atoms with Crippen LogP contribution in [0.3, 0.4) is 0 Å². The molecule has 0 saturated carbocycles. The normalized spacial score (nSPS) is 25.1. The van der Waals surface area contributed by atoms with Crippen LogP contribution in [0.25, 0.3) is 0 Å². The van der Waals surface area contributed by atoms with Crippen LogP contribution < -0.4 is 5.32 Å². The average molecular weight is 210 g/mol. The van der Waals surface area contributed by atoms with E-state index in [2.05, 4.69) is 24.4 Å². The lowest BCUT2D eigenvalue weighted by atomic mass is 10.0. The van der Waals surface area contributed by atoms with Crippen LogP contribution in [0.1, 0.15) is 36.3 Å². The van der Waals surface area contributed by atoms with Crippen LogP contribution in [0.4, 0.5) is 0 Å². The minimum absolute atomic E-state index is 0.608. The van der Waals surface area contributed by atoms with Gasteiger partial charge in [-0.25, -0.2) is 0 Å². The zero-order valence-corrected chi connectivity index (χ0v) is 9.43. The summed E-state index contributed by atoms with van der Waals surface area (Å²) in [4.78, 5) is 0. The number of rotatable bonds is 2. The Morgan fingerprint density at radius 3 is 3.00 bits per heavy atom. The van der Waals surface area contributed by atoms with Gasteiger partial charge in [-0.05, 0) is 42.5 Å². The van der Waals surface area contributed by atoms with E-state index in [1.54, 1.807) is 0 Å². The van der Waals surface area contributed by atoms with Crippen LogP contribution in [-0.2, 0) is 0 Å². The molecule has 0 saturated heterocycles. The summed E-state index contributed by atoms with van der Waals surface area (Å²) in [5.41, 5.74) is 2.81. The van der Waals surface area contributed by atoms with Crippen molar-refractivity contribution < 1.29 is 0 Å². The number of hydrogen-bond acceptors (Lipinski definition) is 1. The van der Waals surface area contributed by atoms with Crippen LogP contribution in [0.5, 0.6) is 0 Å². The van der Waals surface area contributed by atoms with E-state index in [9.17, 15) is 0 Å². The first-order valence-electron chi connectivity index (χ1n) is 5.17. The fourth-order valence-corrected chi connectivity index (χ4v) is 2.91. The Kier molecular flexibility index (Phi) is 2.80. The van der Waals surface area contributed by atoms with Gasteiger partial charge >= 0.3 is 0 Å². The smallest absolute Gasteiger partial charge is 0.0443 e. The fourth-order valence-electron chi connectivity index (χ4n) is 2.54. The first kappa shape index (κ1) is 10.0. The van der Waals surface area contributed by atoms with E-state index in [0.717, 1.165) is 11.6 Å². The summed E-state index contributed by atoms with van der Waals surface area (Å²) in [5, 5.41) is 4.19. The predicted molar refractivity (Wildman–Crippen MR) is 61.2 cm³/mol. The fraction of sp³-hybridized carbons (Fsp3) is 0.500. The van der Waals surface area contributed by atoms with Crippen molar-refractivity contribution in [1.82, 2.24) is 5.32 Å². The Labute approximate surface area is 90.5 Å². The van der Waals surface area contributed by atoms with Crippen molar-refractivity contribution in [2.75, 3.05) is 13.6 Å². The summed E-state index contributed by atoms with van der Waals surface area (Å²) >= 11 is 6.21. The van der Waals surface area contributed by atoms with Crippen LogP contribution in [0, 0.1) is 0 Å². The lowest BCUT2D eigenvalue weighted by Gasteiger charge is -2.10. The molecule has 1 N–H and O–H groups in total. The maximum atomic E-state index is 6.21. The minimum atomic E-state index is 0.608. The number of nitrogens with one attached hydrogen (secondary N) is 1. The second-order valence-corrected chi connectivity index (χ2v) is 4.54. The van der Waals surface area contributed by atoms with Crippen molar-refractivity contribution in [3.8, 4) is 0 Å². The molecule has 0 heterocycles. The zero-order chi connectivity index (χ0) is 10.1. The monoisotopic (exact) mass is 209 g/mol. The molecule has 1 aliphatic rings. The number of hydrogen-bond donors (Lipinski definition) is 1. The Morgan fingerprint density at radius 1 is 1.50 bits per heavy atom. The van der Waals surface area contributed by atoms with Gasteiger partial charge in [0.15, 0.2) is 0 Å². The van der Waals surface area contributed by atoms with Gasteiger partial charge in [-0.1, -0.05) is 30.7 Å². The van der Waals surface area contributed by atoms with E-state index in [1.165, 1.54) is 17.5 Å². The highest BCUT2D eigenvalue weighted by Gasteiger charge is 2.28. The molecule has 1 aromatic carbocycles. The topological polar surface area (TPSA) is 12.0 Å². The molecule has 1 aliphatic carbocycles. The maximum absolute atomic E-state index is 6.21. The minimum Gasteiger partial charge on any atom is -0.319 e. The van der Waals surface area contributed by atoms with E-state index in [0.29, 0.717) is 11.8 Å². The number of fused-ring (bicyclic) bond motifs is 1. The Bertz CT molecular complexity index is 335. The molecular weight excluding hydrogens is 194 g/mol. The quantitative estimate of drug-likeness (QED) is 0.789. The van der Waals surface area contributed by atoms with Gasteiger partial charge in [0, 0.05) is 11.6 Å². The van der Waals surface area contributed by atoms with Gasteiger partial charge in [0.1, 0.15) is 0 Å². The van der Waals surface area contributed by atoms with Gasteiger partial charge < -0.3 is 5.32 Å². The summed E-state index contributed by atoms with van der Waals surface area (Å²) in [7, 11) is 2.01. The molecule has 76 valence electrons. The molecule has 14 heavy (non-hydrogen) atoms. The second kappa shape index (κ2) is 3.92. The number of benzene rings is 1. The highest BCUT2D eigenvalue weighted by Crippen LogP contribution is 2.44. The van der Waals surface area contributed by atoms with Gasteiger partial charge in [-0.2, -0.15) is 0 Å². The molecule has 0 spiro atoms. The molecule has 0 aromatic heterocycles. The Morgan fingerprint density at radius 2 is 2.29 bits per heavy atom. The summed E-state index contributed by atoms with van der Waals surface area (Å²) < 4.78 is 0. The molecule has 2 atom stereocenters. The third-order valence-electron chi connectivity index (χ3n) is 3.11. The second-order valence-electron chi connectivity index (χ2n) is 4.13. The third-order valence-corrected chi connectivity index (χ3v) is 3.44. The van der Waals surface area contributed by atoms with Crippen LogP contribution >= 0.6 is 11.6 Å². The SMILES string of the molecule is CNCC1CC(C)c2c(Cl)cccc21. The molecule has 0 radical (unpaired) electrons. The summed E-state index contributed by atoms with van der Waals surface area (Å²) in [6.45, 7) is 3.32. The highest BCUT2D eigenvalue weighted by molar-refractivity contribution is 6.31. The van der Waals surface area contributed by atoms with Crippen molar-refractivity contribution >= 4 is 11.6 Å². The van der Waals surface area contributed by atoms with Crippen LogP contribution in [0.15, 0.2) is 18.2 Å². The van der Waals surface area contributed by atoms with E-state index in [4.69, 9.17) is 11.6 Å². The summed E-state index contributed by atoms with van der Waals surface area (Å²) in [5.74, 6) is 1.25. The summed E-state index contributed by atoms with van der Waals surface area (Å²) in [6, 6.07) is 6.27. The molecule has 0 fully saturated rings. The molecular formula is C12H16ClN. The molecule has 1 nitrogen and oxygen atoms in total. The van der Waals surface area contributed by atoms with Crippen molar-refractivity contribution in [3.05, 3.63) is 34.3 Å². The van der Waals surface area contributed by atoms with Crippen LogP contribution in [-0.4, -0.2) is 13.6 Å². The standard InChI is InChI=1S/C12H16ClN/c1-8-6-9(7-14-2)10-4-3-5-11(13)12(8)10/h3-5,8-9,14H,6-7H2,1-2H3. The number of halogens is 1. The van der Waals surface area contributed by atoms with E-state index in [1.807, 2.05) is 13.1 Å². The Hall–Kier alpha value is -0.530. The lowest BCUT2D eigenvalue weighted by Crippen LogP contribution is -2.15. The van der Waals surface area contributed by atoms with Crippen molar-refractivity contribution in [2.24, 2.45) is 0 Å². The molecule has 2 unspecified atom stereocenters. The first-order valence-corrected chi connectivity index (χ1v) is 5.54. The van der Waals surface area contributed by atoms with E-state index < -0.39 is 0 Å². The van der Waals surface area contributed by atoms with Gasteiger partial charge in [-0.3, -0.25) is 0 Å². The van der Waals surface area contributed by atoms with Gasteiger partial charge in [-0.15, -0.1) is 0 Å². The maximum Gasteiger partial charge on any atom is 0.0443 e. The molecule has 2 rings (SSSR count). The van der Waals surface area contributed by atoms with Crippen molar-refractivity contribution in [2.45, 2.75) is 25.2 Å². The largest absolute Gasteiger partial charge is 0.319 e. The third kappa shape index (κ3) is 1.55. The van der Waals surface area contributed by atoms with Crippen LogP contribution in [0.2, 0.25) is 5.02 Å². The van der Waals surface area contributed by atoms with Gasteiger partial charge in [0.2, 0.25) is 0 Å². The molecule has 0 amide bonds. The zero-order valence-electron chi connectivity index (χ0n) is 8.68. The van der Waals surface area contributed by atoms with Crippen molar-refractivity contribution in [1.29, 1.82) is 0 Å². The highest BCUT2D eigenvalue weighted by atomic mass is 35.5. The molecule has 0 bridgehead atoms. The van der Waals surface area contributed by atoms with Gasteiger partial charge in [0.25, 0.3) is 0 Å². The van der Waals surface area contributed by atoms with E-state index >= 15 is 0 Å². The molecule has 0 aliphatic heterocycles. The van der Waals surface area contributed by atoms with Crippen molar-refractivity contribution in [3.63, 3.8) is 0 Å². The van der Waals surface area contributed by atoms with Gasteiger partial charge in [0.05, 0.1) is 0 Å². The lowest BCUT2D eigenvalue weighted by molar-refractivity contribution is 0.584. The molecule has 2 heteroatoms. The molecule has 1 aromatic rings. The predicted octanol–water partition coefficient (Wildman–Crippen LogP) is 3.15. The average Bonchev–Trinajstić information content (AvgIpc) is 2.46. The number of likely N-dealkylation sites (N-methyl/N-ethyl adjacent to an activating group) is 1. The summed E-state index contributed by atoms with van der Waals surface area (Å²) in [6.07, 6.45) is 1.22.